The largest absolute Gasteiger partial charge is 0.455 e. The van der Waals surface area contributed by atoms with E-state index in [0.29, 0.717) is 5.92 Å². The number of nitrogens with zero attached hydrogens (tertiary/aromatic N) is 1. The Bertz CT molecular complexity index is 1650. The van der Waals surface area contributed by atoms with Gasteiger partial charge in [-0.3, -0.25) is 4.98 Å². The number of furan rings is 1. The number of pyridine rings is 1. The van der Waals surface area contributed by atoms with Crippen LogP contribution in [0.1, 0.15) is 73.3 Å². The Morgan fingerprint density at radius 2 is 1.57 bits per heavy atom. The summed E-state index contributed by atoms with van der Waals surface area (Å²) in [5.74, 6) is 0.464. The van der Waals surface area contributed by atoms with E-state index in [1.807, 2.05) is 0 Å². The van der Waals surface area contributed by atoms with Crippen LogP contribution in [0, 0.1) is 13.8 Å². The lowest BCUT2D eigenvalue weighted by Crippen LogP contribution is -2.20. The third-order valence-corrected chi connectivity index (χ3v) is 8.72. The van der Waals surface area contributed by atoms with Crippen molar-refractivity contribution in [1.29, 1.82) is 0 Å². The zero-order chi connectivity index (χ0) is 23.9. The van der Waals surface area contributed by atoms with Crippen molar-refractivity contribution < 1.29 is 4.42 Å². The van der Waals surface area contributed by atoms with E-state index < -0.39 is 0 Å². The zero-order valence-electron chi connectivity index (χ0n) is 21.0. The molecule has 0 bridgehead atoms. The second kappa shape index (κ2) is 7.31. The zero-order valence-corrected chi connectivity index (χ0v) is 21.0. The highest BCUT2D eigenvalue weighted by molar-refractivity contribution is 6.13. The monoisotopic (exact) mass is 457 g/mol. The molecule has 1 spiro atoms. The molecule has 5 aromatic rings. The molecular formula is C33H31NO. The minimum Gasteiger partial charge on any atom is -0.455 e. The minimum atomic E-state index is 0.0856. The fourth-order valence-electron chi connectivity index (χ4n) is 7.10. The predicted octanol–water partition coefficient (Wildman–Crippen LogP) is 9.23. The average Bonchev–Trinajstić information content (AvgIpc) is 3.55. The van der Waals surface area contributed by atoms with Crippen LogP contribution in [0.15, 0.2) is 65.2 Å². The summed E-state index contributed by atoms with van der Waals surface area (Å²) < 4.78 is 6.96. The Balaban J connectivity index is 1.54. The Morgan fingerprint density at radius 3 is 2.34 bits per heavy atom. The maximum Gasteiger partial charge on any atom is 0.145 e. The second-order valence-electron chi connectivity index (χ2n) is 11.0. The molecule has 1 fully saturated rings. The van der Waals surface area contributed by atoms with E-state index in [4.69, 9.17) is 9.40 Å². The lowest BCUT2D eigenvalue weighted by Gasteiger charge is -2.26. The maximum absolute atomic E-state index is 6.96. The third-order valence-electron chi connectivity index (χ3n) is 8.72. The first-order valence-electron chi connectivity index (χ1n) is 13.1. The summed E-state index contributed by atoms with van der Waals surface area (Å²) in [6, 6.07) is 20.4. The third kappa shape index (κ3) is 2.74. The van der Waals surface area contributed by atoms with Gasteiger partial charge in [-0.25, -0.2) is 0 Å². The van der Waals surface area contributed by atoms with Crippen molar-refractivity contribution in [3.05, 3.63) is 88.6 Å². The normalized spacial score (nSPS) is 16.0. The van der Waals surface area contributed by atoms with Crippen LogP contribution in [-0.2, 0) is 5.41 Å². The number of benzene rings is 3. The van der Waals surface area contributed by atoms with E-state index in [-0.39, 0.29) is 5.41 Å². The second-order valence-corrected chi connectivity index (χ2v) is 11.0. The first-order valence-corrected chi connectivity index (χ1v) is 13.1. The van der Waals surface area contributed by atoms with E-state index in [1.54, 1.807) is 0 Å². The summed E-state index contributed by atoms with van der Waals surface area (Å²) in [5.41, 5.74) is 13.8. The van der Waals surface area contributed by atoms with Crippen LogP contribution >= 0.6 is 0 Å². The van der Waals surface area contributed by atoms with Crippen molar-refractivity contribution in [2.45, 2.75) is 64.7 Å². The Labute approximate surface area is 207 Å². The van der Waals surface area contributed by atoms with Gasteiger partial charge >= 0.3 is 0 Å². The SMILES string of the molecule is Cc1cc(-c2c(C)ccc3c2oc2c4c(ccc23)-c2ccccc2C42CCCC2)ncc1C(C)C. The van der Waals surface area contributed by atoms with E-state index >= 15 is 0 Å². The lowest BCUT2D eigenvalue weighted by atomic mass is 9.76. The van der Waals surface area contributed by atoms with Gasteiger partial charge in [0.05, 0.1) is 5.69 Å². The number of hydrogen-bond acceptors (Lipinski definition) is 2. The van der Waals surface area contributed by atoms with Gasteiger partial charge in [-0.15, -0.1) is 0 Å². The van der Waals surface area contributed by atoms with E-state index in [1.165, 1.54) is 75.4 Å². The van der Waals surface area contributed by atoms with Gasteiger partial charge in [0.25, 0.3) is 0 Å². The minimum absolute atomic E-state index is 0.0856. The molecule has 0 radical (unpaired) electrons. The first kappa shape index (κ1) is 20.9. The highest BCUT2D eigenvalue weighted by Crippen LogP contribution is 2.59. The maximum atomic E-state index is 6.96. The van der Waals surface area contributed by atoms with Gasteiger partial charge in [-0.1, -0.05) is 69.2 Å². The number of rotatable bonds is 2. The highest BCUT2D eigenvalue weighted by atomic mass is 16.3. The van der Waals surface area contributed by atoms with E-state index in [0.717, 1.165) is 22.4 Å². The quantitative estimate of drug-likeness (QED) is 0.264. The van der Waals surface area contributed by atoms with Crippen LogP contribution in [0.2, 0.25) is 0 Å². The van der Waals surface area contributed by atoms with Gasteiger partial charge in [0.2, 0.25) is 0 Å². The summed E-state index contributed by atoms with van der Waals surface area (Å²) in [6.07, 6.45) is 7.02. The Hall–Kier alpha value is -3.39. The molecule has 0 amide bonds. The van der Waals surface area contributed by atoms with Gasteiger partial charge < -0.3 is 4.42 Å². The molecule has 7 rings (SSSR count). The Kier molecular flexibility index (Phi) is 4.37. The van der Waals surface area contributed by atoms with E-state index in [2.05, 4.69) is 88.5 Å². The van der Waals surface area contributed by atoms with Crippen LogP contribution in [0.5, 0.6) is 0 Å². The molecule has 2 aliphatic carbocycles. The van der Waals surface area contributed by atoms with Crippen molar-refractivity contribution >= 4 is 21.9 Å². The molecule has 0 saturated heterocycles. The van der Waals surface area contributed by atoms with Crippen LogP contribution in [0.25, 0.3) is 44.3 Å². The molecule has 2 aliphatic rings. The van der Waals surface area contributed by atoms with Gasteiger partial charge in [0.1, 0.15) is 11.2 Å². The molecule has 2 heteroatoms. The number of aromatic nitrogens is 1. The van der Waals surface area contributed by atoms with Crippen LogP contribution < -0.4 is 0 Å². The van der Waals surface area contributed by atoms with E-state index in [9.17, 15) is 0 Å². The summed E-state index contributed by atoms with van der Waals surface area (Å²) >= 11 is 0. The van der Waals surface area contributed by atoms with Crippen molar-refractivity contribution in [3.63, 3.8) is 0 Å². The van der Waals surface area contributed by atoms with Crippen molar-refractivity contribution in [2.75, 3.05) is 0 Å². The standard InChI is InChI=1S/C33H31NO/c1-19(2)26-18-34-28(17-21(26)4)29-20(3)11-12-24-25-14-13-23-22-9-5-6-10-27(22)33(15-7-8-16-33)30(23)32(25)35-31(24)29/h5-6,9-14,17-19H,7-8,15-16H2,1-4H3. The van der Waals surface area contributed by atoms with Crippen LogP contribution in [0.4, 0.5) is 0 Å². The van der Waals surface area contributed by atoms with Gasteiger partial charge in [0.15, 0.2) is 0 Å². The molecule has 35 heavy (non-hydrogen) atoms. The summed E-state index contributed by atoms with van der Waals surface area (Å²) in [5, 5.41) is 2.43. The smallest absolute Gasteiger partial charge is 0.145 e. The van der Waals surface area contributed by atoms with Crippen LogP contribution in [-0.4, -0.2) is 4.98 Å². The van der Waals surface area contributed by atoms with Crippen molar-refractivity contribution in [1.82, 2.24) is 4.98 Å². The molecule has 1 saturated carbocycles. The molecule has 174 valence electrons. The molecule has 0 aliphatic heterocycles. The molecule has 0 atom stereocenters. The molecule has 3 aromatic carbocycles. The predicted molar refractivity (Wildman–Crippen MR) is 145 cm³/mol. The molecule has 2 nitrogen and oxygen atoms in total. The summed E-state index contributed by atoms with van der Waals surface area (Å²) in [4.78, 5) is 4.93. The molecule has 2 heterocycles. The molecule has 0 unspecified atom stereocenters. The number of fused-ring (bicyclic) bond motifs is 9. The van der Waals surface area contributed by atoms with Gasteiger partial charge in [0, 0.05) is 33.5 Å². The lowest BCUT2D eigenvalue weighted by molar-refractivity contribution is 0.540. The average molecular weight is 458 g/mol. The highest BCUT2D eigenvalue weighted by Gasteiger charge is 2.47. The first-order chi connectivity index (χ1) is 17.0. The summed E-state index contributed by atoms with van der Waals surface area (Å²) in [7, 11) is 0. The van der Waals surface area contributed by atoms with Gasteiger partial charge in [-0.2, -0.15) is 0 Å². The topological polar surface area (TPSA) is 26.0 Å². The molecule has 2 aromatic heterocycles. The fourth-order valence-corrected chi connectivity index (χ4v) is 7.10. The Morgan fingerprint density at radius 1 is 0.829 bits per heavy atom. The van der Waals surface area contributed by atoms with Gasteiger partial charge in [-0.05, 0) is 78.1 Å². The number of hydrogen-bond donors (Lipinski definition) is 0. The van der Waals surface area contributed by atoms with Crippen LogP contribution in [0.3, 0.4) is 0 Å². The number of aryl methyl sites for hydroxylation is 2. The molecule has 0 N–H and O–H groups in total. The fraction of sp³-hybridized carbons (Fsp3) is 0.303. The van der Waals surface area contributed by atoms with Crippen molar-refractivity contribution in [3.8, 4) is 22.4 Å². The summed E-state index contributed by atoms with van der Waals surface area (Å²) in [6.45, 7) is 8.83. The van der Waals surface area contributed by atoms with Crippen molar-refractivity contribution in [2.24, 2.45) is 0 Å². The molecular weight excluding hydrogens is 426 g/mol.